The van der Waals surface area contributed by atoms with Crippen LogP contribution >= 0.6 is 0 Å². The number of rotatable bonds is 5. The molecule has 2 heterocycles. The Kier molecular flexibility index (Phi) is 3.82. The minimum atomic E-state index is -0.173. The van der Waals surface area contributed by atoms with E-state index >= 15 is 0 Å². The number of hydrogen-bond acceptors (Lipinski definition) is 3. The molecule has 4 heteroatoms. The number of piperidine rings is 1. The molecular formula is C12H23N3O. The van der Waals surface area contributed by atoms with Crippen molar-refractivity contribution >= 4 is 5.91 Å². The molecule has 2 aliphatic rings. The van der Waals surface area contributed by atoms with Crippen LogP contribution in [0.25, 0.3) is 0 Å². The molecule has 4 nitrogen and oxygen atoms in total. The summed E-state index contributed by atoms with van der Waals surface area (Å²) >= 11 is 0. The summed E-state index contributed by atoms with van der Waals surface area (Å²) < 4.78 is 0. The normalized spacial score (nSPS) is 34.2. The molecule has 0 radical (unpaired) electrons. The molecule has 2 aliphatic heterocycles. The Morgan fingerprint density at radius 1 is 1.38 bits per heavy atom. The Morgan fingerprint density at radius 3 is 2.50 bits per heavy atom. The van der Waals surface area contributed by atoms with Crippen molar-refractivity contribution in [1.29, 1.82) is 0 Å². The van der Waals surface area contributed by atoms with E-state index in [4.69, 9.17) is 5.73 Å². The molecule has 2 bridgehead atoms. The fourth-order valence-corrected chi connectivity index (χ4v) is 3.33. The van der Waals surface area contributed by atoms with Crippen LogP contribution in [0, 0.1) is 0 Å². The van der Waals surface area contributed by atoms with Crippen molar-refractivity contribution in [2.75, 3.05) is 13.1 Å². The molecular weight excluding hydrogens is 202 g/mol. The van der Waals surface area contributed by atoms with Gasteiger partial charge in [-0.15, -0.1) is 0 Å². The van der Waals surface area contributed by atoms with Gasteiger partial charge in [-0.25, -0.2) is 0 Å². The maximum Gasteiger partial charge on any atom is 0.218 e. The fourth-order valence-electron chi connectivity index (χ4n) is 3.33. The summed E-state index contributed by atoms with van der Waals surface area (Å²) in [6, 6.07) is 2.05. The summed E-state index contributed by atoms with van der Waals surface area (Å²) in [5.74, 6) is -0.173. The first-order valence-corrected chi connectivity index (χ1v) is 6.48. The van der Waals surface area contributed by atoms with Crippen LogP contribution in [-0.2, 0) is 4.79 Å². The van der Waals surface area contributed by atoms with Crippen molar-refractivity contribution in [2.45, 2.75) is 57.2 Å². The Bertz CT molecular complexity index is 243. The molecule has 0 spiro atoms. The van der Waals surface area contributed by atoms with Gasteiger partial charge >= 0.3 is 0 Å². The second kappa shape index (κ2) is 5.15. The van der Waals surface area contributed by atoms with Crippen LogP contribution in [0.3, 0.4) is 0 Å². The van der Waals surface area contributed by atoms with Gasteiger partial charge in [0.25, 0.3) is 0 Å². The van der Waals surface area contributed by atoms with E-state index in [0.29, 0.717) is 24.5 Å². The Balaban J connectivity index is 1.87. The van der Waals surface area contributed by atoms with Crippen molar-refractivity contribution in [3.05, 3.63) is 0 Å². The summed E-state index contributed by atoms with van der Waals surface area (Å²) in [5.41, 5.74) is 5.22. The average Bonchev–Trinajstić information content (AvgIpc) is 2.46. The number of fused-ring (bicyclic) bond motifs is 2. The molecule has 2 atom stereocenters. The second-order valence-electron chi connectivity index (χ2n) is 5.07. The highest BCUT2D eigenvalue weighted by Gasteiger charge is 2.39. The maximum absolute atomic E-state index is 10.8. The van der Waals surface area contributed by atoms with E-state index < -0.39 is 0 Å². The molecule has 2 rings (SSSR count). The first-order chi connectivity index (χ1) is 7.70. The topological polar surface area (TPSA) is 58.4 Å². The molecule has 2 saturated heterocycles. The van der Waals surface area contributed by atoms with E-state index in [1.54, 1.807) is 0 Å². The van der Waals surface area contributed by atoms with E-state index in [0.717, 1.165) is 13.1 Å². The molecule has 0 aromatic rings. The predicted molar refractivity (Wildman–Crippen MR) is 64.0 cm³/mol. The minimum Gasteiger partial charge on any atom is -0.370 e. The number of primary amides is 1. The Morgan fingerprint density at radius 2 is 2.00 bits per heavy atom. The summed E-state index contributed by atoms with van der Waals surface area (Å²) in [6.07, 6.45) is 5.59. The highest BCUT2D eigenvalue weighted by atomic mass is 16.1. The van der Waals surface area contributed by atoms with Gasteiger partial charge in [0.05, 0.1) is 0 Å². The number of amides is 1. The molecule has 0 aromatic heterocycles. The second-order valence-corrected chi connectivity index (χ2v) is 5.07. The molecule has 1 amide bonds. The number of hydrogen-bond donors (Lipinski definition) is 2. The van der Waals surface area contributed by atoms with Gasteiger partial charge in [-0.2, -0.15) is 0 Å². The standard InChI is InChI=1S/C12H23N3O/c1-2-14-9-7-10-3-4-11(8-9)15(10)6-5-12(13)16/h9-11,14H,2-8H2,1H3,(H2,13,16). The van der Waals surface area contributed by atoms with Crippen LogP contribution < -0.4 is 11.1 Å². The molecule has 16 heavy (non-hydrogen) atoms. The van der Waals surface area contributed by atoms with Crippen molar-refractivity contribution in [3.63, 3.8) is 0 Å². The SMILES string of the molecule is CCNC1CC2CCC(C1)N2CCC(N)=O. The zero-order valence-electron chi connectivity index (χ0n) is 10.1. The van der Waals surface area contributed by atoms with Crippen molar-refractivity contribution in [2.24, 2.45) is 5.73 Å². The van der Waals surface area contributed by atoms with E-state index in [9.17, 15) is 4.79 Å². The third-order valence-corrected chi connectivity index (χ3v) is 3.99. The first-order valence-electron chi connectivity index (χ1n) is 6.48. The van der Waals surface area contributed by atoms with Crippen LogP contribution in [-0.4, -0.2) is 42.0 Å². The molecule has 0 saturated carbocycles. The van der Waals surface area contributed by atoms with Crippen LogP contribution in [0.15, 0.2) is 0 Å². The van der Waals surface area contributed by atoms with Gasteiger partial charge in [0, 0.05) is 31.1 Å². The first kappa shape index (κ1) is 11.9. The number of nitrogens with one attached hydrogen (secondary N) is 1. The largest absolute Gasteiger partial charge is 0.370 e. The van der Waals surface area contributed by atoms with Crippen molar-refractivity contribution in [1.82, 2.24) is 10.2 Å². The Hall–Kier alpha value is -0.610. The van der Waals surface area contributed by atoms with E-state index in [1.807, 2.05) is 0 Å². The summed E-state index contributed by atoms with van der Waals surface area (Å²) in [4.78, 5) is 13.3. The minimum absolute atomic E-state index is 0.173. The van der Waals surface area contributed by atoms with Gasteiger partial charge in [-0.3, -0.25) is 9.69 Å². The molecule has 0 aliphatic carbocycles. The van der Waals surface area contributed by atoms with Gasteiger partial charge in [-0.1, -0.05) is 6.92 Å². The third-order valence-electron chi connectivity index (χ3n) is 3.99. The lowest BCUT2D eigenvalue weighted by Crippen LogP contribution is -2.49. The lowest BCUT2D eigenvalue weighted by Gasteiger charge is -2.39. The number of carbonyl (C=O) groups excluding carboxylic acids is 1. The van der Waals surface area contributed by atoms with Crippen LogP contribution in [0.1, 0.15) is 39.0 Å². The fraction of sp³-hybridized carbons (Fsp3) is 0.917. The third kappa shape index (κ3) is 2.55. The van der Waals surface area contributed by atoms with Gasteiger partial charge in [0.1, 0.15) is 0 Å². The van der Waals surface area contributed by atoms with Gasteiger partial charge in [-0.05, 0) is 32.2 Å². The van der Waals surface area contributed by atoms with Crippen molar-refractivity contribution < 1.29 is 4.79 Å². The summed E-state index contributed by atoms with van der Waals surface area (Å²) in [7, 11) is 0. The number of carbonyl (C=O) groups is 1. The summed E-state index contributed by atoms with van der Waals surface area (Å²) in [6.45, 7) is 4.09. The lowest BCUT2D eigenvalue weighted by molar-refractivity contribution is -0.118. The predicted octanol–water partition coefficient (Wildman–Crippen LogP) is 0.467. The number of nitrogens with zero attached hydrogens (tertiary/aromatic N) is 1. The van der Waals surface area contributed by atoms with Gasteiger partial charge < -0.3 is 11.1 Å². The quantitative estimate of drug-likeness (QED) is 0.715. The van der Waals surface area contributed by atoms with Crippen molar-refractivity contribution in [3.8, 4) is 0 Å². The maximum atomic E-state index is 10.8. The van der Waals surface area contributed by atoms with Crippen LogP contribution in [0.2, 0.25) is 0 Å². The zero-order valence-corrected chi connectivity index (χ0v) is 10.1. The zero-order chi connectivity index (χ0) is 11.5. The van der Waals surface area contributed by atoms with E-state index in [-0.39, 0.29) is 5.91 Å². The monoisotopic (exact) mass is 225 g/mol. The average molecular weight is 225 g/mol. The lowest BCUT2D eigenvalue weighted by atomic mass is 9.97. The molecule has 2 unspecified atom stereocenters. The number of nitrogens with two attached hydrogens (primary N) is 1. The molecule has 3 N–H and O–H groups in total. The molecule has 2 fully saturated rings. The van der Waals surface area contributed by atoms with E-state index in [2.05, 4.69) is 17.1 Å². The summed E-state index contributed by atoms with van der Waals surface area (Å²) in [5, 5.41) is 3.55. The smallest absolute Gasteiger partial charge is 0.218 e. The van der Waals surface area contributed by atoms with Crippen LogP contribution in [0.4, 0.5) is 0 Å². The highest BCUT2D eigenvalue weighted by molar-refractivity contribution is 5.73. The van der Waals surface area contributed by atoms with E-state index in [1.165, 1.54) is 25.7 Å². The molecule has 0 aromatic carbocycles. The molecule has 92 valence electrons. The van der Waals surface area contributed by atoms with Gasteiger partial charge in [0.2, 0.25) is 5.91 Å². The highest BCUT2D eigenvalue weighted by Crippen LogP contribution is 2.35. The Labute approximate surface area is 97.6 Å². The van der Waals surface area contributed by atoms with Gasteiger partial charge in [0.15, 0.2) is 0 Å². The van der Waals surface area contributed by atoms with Crippen LogP contribution in [0.5, 0.6) is 0 Å².